The number of hydrogen-bond acceptors (Lipinski definition) is 6. The van der Waals surface area contributed by atoms with Crippen LogP contribution in [0.3, 0.4) is 0 Å². The Morgan fingerprint density at radius 2 is 1.72 bits per heavy atom. The lowest BCUT2D eigenvalue weighted by molar-refractivity contribution is -0.143. The summed E-state index contributed by atoms with van der Waals surface area (Å²) in [6.07, 6.45) is 0.557. The summed E-state index contributed by atoms with van der Waals surface area (Å²) in [5, 5.41) is 8.31. The van der Waals surface area contributed by atoms with E-state index in [0.717, 1.165) is 13.1 Å². The van der Waals surface area contributed by atoms with Crippen LogP contribution in [0.2, 0.25) is 0 Å². The summed E-state index contributed by atoms with van der Waals surface area (Å²) in [6.45, 7) is 3.53. The van der Waals surface area contributed by atoms with Crippen LogP contribution in [0.5, 0.6) is 0 Å². The van der Waals surface area contributed by atoms with E-state index >= 15 is 0 Å². The monoisotopic (exact) mass is 258 g/mol. The van der Waals surface area contributed by atoms with Gasteiger partial charge in [-0.3, -0.25) is 9.69 Å². The average molecular weight is 258 g/mol. The van der Waals surface area contributed by atoms with E-state index < -0.39 is 0 Å². The molecule has 6 heteroatoms. The molecule has 0 aliphatic rings. The molecule has 0 spiro atoms. The third-order valence-electron chi connectivity index (χ3n) is 2.33. The van der Waals surface area contributed by atoms with E-state index in [2.05, 4.69) is 4.90 Å². The van der Waals surface area contributed by atoms with E-state index in [1.54, 1.807) is 14.2 Å². The molecule has 18 heavy (non-hydrogen) atoms. The normalized spacial score (nSPS) is 10.3. The van der Waals surface area contributed by atoms with Gasteiger partial charge in [0, 0.05) is 33.9 Å². The Hall–Kier alpha value is -1.16. The lowest BCUT2D eigenvalue weighted by atomic mass is 10.3. The Bertz CT molecular complexity index is 245. The summed E-state index contributed by atoms with van der Waals surface area (Å²) in [5.74, 6) is -0.273. The van der Waals surface area contributed by atoms with Crippen molar-refractivity contribution in [3.05, 3.63) is 0 Å². The van der Waals surface area contributed by atoms with Crippen molar-refractivity contribution < 1.29 is 19.0 Å². The van der Waals surface area contributed by atoms with Gasteiger partial charge in [-0.15, -0.1) is 0 Å². The maximum atomic E-state index is 11.3. The molecule has 0 atom stereocenters. The second-order valence-electron chi connectivity index (χ2n) is 3.71. The fraction of sp³-hybridized carbons (Fsp3) is 0.833. The summed E-state index contributed by atoms with van der Waals surface area (Å²) in [5.41, 5.74) is 0. The second-order valence-corrected chi connectivity index (χ2v) is 3.71. The molecule has 0 aliphatic carbocycles. The van der Waals surface area contributed by atoms with Crippen LogP contribution in [0, 0.1) is 11.3 Å². The van der Waals surface area contributed by atoms with Crippen LogP contribution in [-0.4, -0.2) is 64.5 Å². The van der Waals surface area contributed by atoms with Crippen LogP contribution in [0.25, 0.3) is 0 Å². The highest BCUT2D eigenvalue weighted by Crippen LogP contribution is 1.95. The number of nitrogens with zero attached hydrogens (tertiary/aromatic N) is 2. The summed E-state index contributed by atoms with van der Waals surface area (Å²) < 4.78 is 14.9. The zero-order valence-electron chi connectivity index (χ0n) is 11.2. The summed E-state index contributed by atoms with van der Waals surface area (Å²) >= 11 is 0. The van der Waals surface area contributed by atoms with Gasteiger partial charge in [0.2, 0.25) is 0 Å². The van der Waals surface area contributed by atoms with Crippen LogP contribution in [0.15, 0.2) is 0 Å². The first-order chi connectivity index (χ1) is 8.74. The van der Waals surface area contributed by atoms with Crippen LogP contribution >= 0.6 is 0 Å². The molecule has 104 valence electrons. The molecule has 0 aromatic rings. The minimum absolute atomic E-state index is 0.172. The van der Waals surface area contributed by atoms with Crippen LogP contribution < -0.4 is 0 Å². The third-order valence-corrected chi connectivity index (χ3v) is 2.33. The van der Waals surface area contributed by atoms with Crippen molar-refractivity contribution >= 4 is 5.97 Å². The number of esters is 1. The van der Waals surface area contributed by atoms with Gasteiger partial charge in [0.1, 0.15) is 6.61 Å². The van der Waals surface area contributed by atoms with Crippen LogP contribution in [0.1, 0.15) is 12.8 Å². The quantitative estimate of drug-likeness (QED) is 0.395. The lowest BCUT2D eigenvalue weighted by Gasteiger charge is -2.20. The average Bonchev–Trinajstić information content (AvgIpc) is 2.38. The molecule has 0 aromatic heterocycles. The molecule has 0 amide bonds. The fourth-order valence-corrected chi connectivity index (χ4v) is 1.31. The van der Waals surface area contributed by atoms with Crippen molar-refractivity contribution in [2.75, 3.05) is 53.7 Å². The molecule has 0 rings (SSSR count). The number of carbonyl (C=O) groups excluding carboxylic acids is 1. The minimum Gasteiger partial charge on any atom is -0.465 e. The summed E-state index contributed by atoms with van der Waals surface area (Å²) in [7, 11) is 3.29. The first kappa shape index (κ1) is 16.8. The van der Waals surface area contributed by atoms with Crippen LogP contribution in [0.4, 0.5) is 0 Å². The van der Waals surface area contributed by atoms with Gasteiger partial charge in [-0.1, -0.05) is 0 Å². The Labute approximate surface area is 108 Å². The highest BCUT2D eigenvalue weighted by Gasteiger charge is 2.08. The van der Waals surface area contributed by atoms with Crippen molar-refractivity contribution in [1.29, 1.82) is 5.26 Å². The molecule has 0 radical (unpaired) electrons. The number of carbonyl (C=O) groups is 1. The predicted molar refractivity (Wildman–Crippen MR) is 66.0 cm³/mol. The van der Waals surface area contributed by atoms with Crippen molar-refractivity contribution in [2.45, 2.75) is 12.8 Å². The first-order valence-electron chi connectivity index (χ1n) is 5.97. The van der Waals surface area contributed by atoms with Gasteiger partial charge in [0.25, 0.3) is 0 Å². The van der Waals surface area contributed by atoms with Gasteiger partial charge in [-0.25, -0.2) is 0 Å². The SMILES string of the molecule is COCCN(CCOC)CCC(=O)OCCC#N. The smallest absolute Gasteiger partial charge is 0.307 e. The highest BCUT2D eigenvalue weighted by atomic mass is 16.5. The van der Waals surface area contributed by atoms with E-state index in [-0.39, 0.29) is 19.0 Å². The Morgan fingerprint density at radius 3 is 2.22 bits per heavy atom. The molecule has 0 unspecified atom stereocenters. The Balaban J connectivity index is 3.78. The van der Waals surface area contributed by atoms with E-state index in [0.29, 0.717) is 26.2 Å². The Kier molecular flexibility index (Phi) is 11.5. The number of hydrogen-bond donors (Lipinski definition) is 0. The van der Waals surface area contributed by atoms with Gasteiger partial charge in [0.15, 0.2) is 0 Å². The van der Waals surface area contributed by atoms with Crippen molar-refractivity contribution in [3.63, 3.8) is 0 Å². The summed E-state index contributed by atoms with van der Waals surface area (Å²) in [4.78, 5) is 13.4. The molecule has 0 bridgehead atoms. The standard InChI is InChI=1S/C12H22N2O4/c1-16-10-7-14(8-11-17-2)6-4-12(15)18-9-3-5-13/h3-4,6-11H2,1-2H3. The van der Waals surface area contributed by atoms with E-state index in [4.69, 9.17) is 19.5 Å². The molecule has 0 aromatic carbocycles. The first-order valence-corrected chi connectivity index (χ1v) is 5.97. The number of ether oxygens (including phenoxy) is 3. The third kappa shape index (κ3) is 10.0. The molecule has 0 aliphatic heterocycles. The van der Waals surface area contributed by atoms with Crippen molar-refractivity contribution in [1.82, 2.24) is 4.90 Å². The minimum atomic E-state index is -0.273. The van der Waals surface area contributed by atoms with E-state index in [9.17, 15) is 4.79 Å². The zero-order chi connectivity index (χ0) is 13.6. The molecule has 0 heterocycles. The number of rotatable bonds is 11. The zero-order valence-corrected chi connectivity index (χ0v) is 11.2. The van der Waals surface area contributed by atoms with Gasteiger partial charge >= 0.3 is 5.97 Å². The van der Waals surface area contributed by atoms with Gasteiger partial charge in [-0.05, 0) is 0 Å². The van der Waals surface area contributed by atoms with Gasteiger partial charge in [0.05, 0.1) is 32.1 Å². The number of methoxy groups -OCH3 is 2. The molecule has 0 saturated carbocycles. The van der Waals surface area contributed by atoms with Gasteiger partial charge < -0.3 is 14.2 Å². The van der Waals surface area contributed by atoms with E-state index in [1.165, 1.54) is 0 Å². The Morgan fingerprint density at radius 1 is 1.11 bits per heavy atom. The van der Waals surface area contributed by atoms with Crippen molar-refractivity contribution in [2.24, 2.45) is 0 Å². The second kappa shape index (κ2) is 12.3. The lowest BCUT2D eigenvalue weighted by Crippen LogP contribution is -2.33. The highest BCUT2D eigenvalue weighted by molar-refractivity contribution is 5.69. The predicted octanol–water partition coefficient (Wildman–Crippen LogP) is 0.428. The van der Waals surface area contributed by atoms with Crippen LogP contribution in [-0.2, 0) is 19.0 Å². The summed E-state index contributed by atoms with van der Waals surface area (Å²) in [6, 6.07) is 1.92. The molecule has 0 fully saturated rings. The molecule has 6 nitrogen and oxygen atoms in total. The fourth-order valence-electron chi connectivity index (χ4n) is 1.31. The van der Waals surface area contributed by atoms with E-state index in [1.807, 2.05) is 6.07 Å². The topological polar surface area (TPSA) is 71.8 Å². The van der Waals surface area contributed by atoms with Crippen molar-refractivity contribution in [3.8, 4) is 6.07 Å². The largest absolute Gasteiger partial charge is 0.465 e. The molecular formula is C12H22N2O4. The molecule has 0 saturated heterocycles. The maximum absolute atomic E-state index is 11.3. The maximum Gasteiger partial charge on any atom is 0.307 e. The molecule has 0 N–H and O–H groups in total. The van der Waals surface area contributed by atoms with Gasteiger partial charge in [-0.2, -0.15) is 5.26 Å². The number of nitriles is 1. The molecular weight excluding hydrogens is 236 g/mol.